The van der Waals surface area contributed by atoms with E-state index in [0.717, 1.165) is 0 Å². The molecule has 0 fully saturated rings. The molecular formula is C13H22N4O8. The van der Waals surface area contributed by atoms with Gasteiger partial charge in [0.25, 0.3) is 0 Å². The highest BCUT2D eigenvalue weighted by molar-refractivity contribution is 5.93. The van der Waals surface area contributed by atoms with Crippen LogP contribution < -0.4 is 21.7 Å². The highest BCUT2D eigenvalue weighted by atomic mass is 16.4. The number of hydrogen-bond acceptors (Lipinski definition) is 7. The van der Waals surface area contributed by atoms with Gasteiger partial charge in [-0.05, 0) is 13.8 Å². The molecule has 0 aliphatic rings. The van der Waals surface area contributed by atoms with E-state index in [0.29, 0.717) is 0 Å². The summed E-state index contributed by atoms with van der Waals surface area (Å²) >= 11 is 0. The van der Waals surface area contributed by atoms with E-state index in [-0.39, 0.29) is 0 Å². The average molecular weight is 362 g/mol. The summed E-state index contributed by atoms with van der Waals surface area (Å²) in [7, 11) is 0. The second-order valence-corrected chi connectivity index (χ2v) is 5.28. The van der Waals surface area contributed by atoms with Crippen molar-refractivity contribution in [1.29, 1.82) is 0 Å². The fraction of sp³-hybridized carbons (Fsp3) is 0.615. The van der Waals surface area contributed by atoms with Gasteiger partial charge in [0.15, 0.2) is 6.04 Å². The Labute approximate surface area is 142 Å². The summed E-state index contributed by atoms with van der Waals surface area (Å²) in [5.41, 5.74) is 5.30. The molecule has 8 N–H and O–H groups in total. The van der Waals surface area contributed by atoms with Gasteiger partial charge in [0.05, 0.1) is 25.1 Å². The van der Waals surface area contributed by atoms with E-state index in [1.807, 2.05) is 5.32 Å². The Morgan fingerprint density at radius 1 is 1.00 bits per heavy atom. The number of carboxylic acid groups (broad SMARTS) is 2. The standard InChI is InChI=1S/C13H22N4O8/c1-5(11(22)17-10(6(2)18)13(24)25)16-8(19)4-15-12(23)7(14)3-9(20)21/h5-7,10,18H,3-4,14H2,1-2H3,(H,15,23)(H,16,19)(H,17,22)(H,20,21)(H,24,25). The third-order valence-electron chi connectivity index (χ3n) is 2.97. The molecule has 0 spiro atoms. The maximum absolute atomic E-state index is 11.8. The number of carboxylic acids is 2. The molecule has 3 amide bonds. The summed E-state index contributed by atoms with van der Waals surface area (Å²) in [5.74, 6) is -5.20. The molecule has 0 radical (unpaired) electrons. The van der Waals surface area contributed by atoms with E-state index >= 15 is 0 Å². The lowest BCUT2D eigenvalue weighted by Crippen LogP contribution is -2.55. The summed E-state index contributed by atoms with van der Waals surface area (Å²) in [6.07, 6.45) is -1.96. The third kappa shape index (κ3) is 8.62. The summed E-state index contributed by atoms with van der Waals surface area (Å²) in [4.78, 5) is 56.2. The number of aliphatic hydroxyl groups is 1. The van der Waals surface area contributed by atoms with Crippen molar-refractivity contribution in [3.63, 3.8) is 0 Å². The van der Waals surface area contributed by atoms with Gasteiger partial charge in [0.1, 0.15) is 6.04 Å². The van der Waals surface area contributed by atoms with E-state index in [2.05, 4.69) is 10.6 Å². The smallest absolute Gasteiger partial charge is 0.328 e. The molecule has 0 heterocycles. The topological polar surface area (TPSA) is 208 Å². The first-order chi connectivity index (χ1) is 11.5. The lowest BCUT2D eigenvalue weighted by Gasteiger charge is -2.20. The molecule has 0 aromatic carbocycles. The number of aliphatic carboxylic acids is 2. The minimum absolute atomic E-state index is 0.553. The van der Waals surface area contributed by atoms with Crippen LogP contribution in [0.25, 0.3) is 0 Å². The first kappa shape index (κ1) is 22.3. The maximum Gasteiger partial charge on any atom is 0.328 e. The first-order valence-electron chi connectivity index (χ1n) is 7.21. The van der Waals surface area contributed by atoms with Crippen molar-refractivity contribution in [2.24, 2.45) is 5.73 Å². The zero-order chi connectivity index (χ0) is 19.7. The zero-order valence-electron chi connectivity index (χ0n) is 13.7. The number of hydrogen-bond donors (Lipinski definition) is 7. The van der Waals surface area contributed by atoms with Crippen molar-refractivity contribution < 1.29 is 39.3 Å². The van der Waals surface area contributed by atoms with Crippen LogP contribution in [0.3, 0.4) is 0 Å². The summed E-state index contributed by atoms with van der Waals surface area (Å²) < 4.78 is 0. The molecule has 0 bridgehead atoms. The van der Waals surface area contributed by atoms with Gasteiger partial charge in [-0.15, -0.1) is 0 Å². The maximum atomic E-state index is 11.8. The Kier molecular flexibility index (Phi) is 9.09. The predicted molar refractivity (Wildman–Crippen MR) is 82.1 cm³/mol. The van der Waals surface area contributed by atoms with E-state index in [1.54, 1.807) is 0 Å². The second kappa shape index (κ2) is 10.2. The lowest BCUT2D eigenvalue weighted by molar-refractivity contribution is -0.145. The number of nitrogens with two attached hydrogens (primary N) is 1. The van der Waals surface area contributed by atoms with Crippen LogP contribution in [0.2, 0.25) is 0 Å². The Bertz CT molecular complexity index is 536. The van der Waals surface area contributed by atoms with Crippen LogP contribution in [0.5, 0.6) is 0 Å². The molecule has 4 unspecified atom stereocenters. The Morgan fingerprint density at radius 3 is 2.00 bits per heavy atom. The van der Waals surface area contributed by atoms with Crippen molar-refractivity contribution in [2.75, 3.05) is 6.54 Å². The molecule has 0 rings (SSSR count). The van der Waals surface area contributed by atoms with Crippen LogP contribution in [0, 0.1) is 0 Å². The van der Waals surface area contributed by atoms with Crippen LogP contribution >= 0.6 is 0 Å². The van der Waals surface area contributed by atoms with Crippen LogP contribution in [0.1, 0.15) is 20.3 Å². The molecule has 0 saturated heterocycles. The number of nitrogens with one attached hydrogen (secondary N) is 3. The number of aliphatic hydroxyl groups excluding tert-OH is 1. The van der Waals surface area contributed by atoms with E-state index in [4.69, 9.17) is 15.9 Å². The highest BCUT2D eigenvalue weighted by Gasteiger charge is 2.27. The predicted octanol–water partition coefficient (Wildman–Crippen LogP) is -3.64. The number of rotatable bonds is 10. The Hall–Kier alpha value is -2.73. The van der Waals surface area contributed by atoms with Crippen LogP contribution in [-0.2, 0) is 24.0 Å². The van der Waals surface area contributed by atoms with Crippen molar-refractivity contribution in [1.82, 2.24) is 16.0 Å². The van der Waals surface area contributed by atoms with Crippen molar-refractivity contribution in [3.05, 3.63) is 0 Å². The number of amides is 3. The van der Waals surface area contributed by atoms with Crippen LogP contribution in [-0.4, -0.2) is 75.8 Å². The SMILES string of the molecule is CC(NC(=O)CNC(=O)C(N)CC(=O)O)C(=O)NC(C(=O)O)C(C)O. The third-order valence-corrected chi connectivity index (χ3v) is 2.97. The van der Waals surface area contributed by atoms with Crippen molar-refractivity contribution in [3.8, 4) is 0 Å². The van der Waals surface area contributed by atoms with Gasteiger partial charge in [0, 0.05) is 0 Å². The Morgan fingerprint density at radius 2 is 1.56 bits per heavy atom. The quantitative estimate of drug-likeness (QED) is 0.204. The molecule has 25 heavy (non-hydrogen) atoms. The molecule has 4 atom stereocenters. The van der Waals surface area contributed by atoms with Gasteiger partial charge in [-0.25, -0.2) is 4.79 Å². The molecular weight excluding hydrogens is 340 g/mol. The molecule has 0 aromatic heterocycles. The summed E-state index contributed by atoms with van der Waals surface area (Å²) in [5, 5.41) is 33.0. The average Bonchev–Trinajstić information content (AvgIpc) is 2.48. The van der Waals surface area contributed by atoms with Gasteiger partial charge < -0.3 is 37.0 Å². The summed E-state index contributed by atoms with van der Waals surface area (Å²) in [6, 6.07) is -4.01. The molecule has 0 aliphatic heterocycles. The van der Waals surface area contributed by atoms with Gasteiger partial charge in [-0.3, -0.25) is 19.2 Å². The molecule has 12 nitrogen and oxygen atoms in total. The molecule has 0 aliphatic carbocycles. The monoisotopic (exact) mass is 362 g/mol. The lowest BCUT2D eigenvalue weighted by atomic mass is 10.1. The van der Waals surface area contributed by atoms with Crippen molar-refractivity contribution >= 4 is 29.7 Å². The minimum atomic E-state index is -1.54. The van der Waals surface area contributed by atoms with E-state index in [1.165, 1.54) is 13.8 Å². The van der Waals surface area contributed by atoms with Crippen LogP contribution in [0.4, 0.5) is 0 Å². The largest absolute Gasteiger partial charge is 0.481 e. The van der Waals surface area contributed by atoms with Gasteiger partial charge >= 0.3 is 11.9 Å². The normalized spacial score (nSPS) is 15.2. The van der Waals surface area contributed by atoms with E-state index in [9.17, 15) is 29.1 Å². The fourth-order valence-electron chi connectivity index (χ4n) is 1.60. The second-order valence-electron chi connectivity index (χ2n) is 5.28. The van der Waals surface area contributed by atoms with Gasteiger partial charge in [-0.1, -0.05) is 0 Å². The molecule has 0 saturated carbocycles. The molecule has 0 aromatic rings. The number of carbonyl (C=O) groups is 5. The molecule has 142 valence electrons. The van der Waals surface area contributed by atoms with Gasteiger partial charge in [0.2, 0.25) is 17.7 Å². The summed E-state index contributed by atoms with van der Waals surface area (Å²) in [6.45, 7) is 1.90. The number of carbonyl (C=O) groups excluding carboxylic acids is 3. The fourth-order valence-corrected chi connectivity index (χ4v) is 1.60. The van der Waals surface area contributed by atoms with Crippen LogP contribution in [0.15, 0.2) is 0 Å². The minimum Gasteiger partial charge on any atom is -0.481 e. The van der Waals surface area contributed by atoms with Gasteiger partial charge in [-0.2, -0.15) is 0 Å². The highest BCUT2D eigenvalue weighted by Crippen LogP contribution is 1.95. The Balaban J connectivity index is 4.41. The first-order valence-corrected chi connectivity index (χ1v) is 7.21. The molecule has 12 heteroatoms. The zero-order valence-corrected chi connectivity index (χ0v) is 13.7. The van der Waals surface area contributed by atoms with Crippen molar-refractivity contribution in [2.45, 2.75) is 44.5 Å². The van der Waals surface area contributed by atoms with E-state index < -0.39 is 66.9 Å².